The molecule has 0 N–H and O–H groups in total. The van der Waals surface area contributed by atoms with Gasteiger partial charge >= 0.3 is 0 Å². The van der Waals surface area contributed by atoms with Crippen LogP contribution in [-0.2, 0) is 14.8 Å². The van der Waals surface area contributed by atoms with Crippen LogP contribution in [0, 0.1) is 5.92 Å². The van der Waals surface area contributed by atoms with E-state index in [2.05, 4.69) is 9.97 Å². The molecule has 1 fully saturated rings. The lowest BCUT2D eigenvalue weighted by Crippen LogP contribution is -2.35. The second-order valence-corrected chi connectivity index (χ2v) is 6.65. The first-order valence-electron chi connectivity index (χ1n) is 6.09. The molecule has 1 aliphatic heterocycles. The van der Waals surface area contributed by atoms with Crippen molar-refractivity contribution < 1.29 is 13.2 Å². The second-order valence-electron chi connectivity index (χ2n) is 4.37. The standard InChI is InChI=1S/C11H16ClN3O3S/c1-2-15(7-9-3-4-18-8-9)19(16,17)10-5-13-11(12)14-6-10/h5-6,9H,2-4,7-8H2,1H3. The Morgan fingerprint density at radius 1 is 1.47 bits per heavy atom. The fourth-order valence-electron chi connectivity index (χ4n) is 2.00. The van der Waals surface area contributed by atoms with E-state index in [-0.39, 0.29) is 16.1 Å². The van der Waals surface area contributed by atoms with E-state index >= 15 is 0 Å². The fourth-order valence-corrected chi connectivity index (χ4v) is 3.51. The number of sulfonamides is 1. The van der Waals surface area contributed by atoms with Gasteiger partial charge in [-0.1, -0.05) is 6.92 Å². The molecule has 1 aromatic rings. The number of hydrogen-bond acceptors (Lipinski definition) is 5. The van der Waals surface area contributed by atoms with E-state index in [0.717, 1.165) is 6.42 Å². The van der Waals surface area contributed by atoms with Crippen LogP contribution in [0.5, 0.6) is 0 Å². The van der Waals surface area contributed by atoms with E-state index in [0.29, 0.717) is 26.3 Å². The number of aromatic nitrogens is 2. The van der Waals surface area contributed by atoms with Gasteiger partial charge in [0.1, 0.15) is 4.90 Å². The summed E-state index contributed by atoms with van der Waals surface area (Å²) in [4.78, 5) is 7.50. The molecule has 0 radical (unpaired) electrons. The lowest BCUT2D eigenvalue weighted by Gasteiger charge is -2.22. The van der Waals surface area contributed by atoms with Crippen LogP contribution in [0.3, 0.4) is 0 Å². The molecule has 0 spiro atoms. The van der Waals surface area contributed by atoms with Gasteiger partial charge < -0.3 is 4.74 Å². The van der Waals surface area contributed by atoms with Gasteiger partial charge in [-0.3, -0.25) is 0 Å². The van der Waals surface area contributed by atoms with Gasteiger partial charge in [-0.25, -0.2) is 18.4 Å². The minimum Gasteiger partial charge on any atom is -0.381 e. The van der Waals surface area contributed by atoms with Crippen molar-refractivity contribution in [2.75, 3.05) is 26.3 Å². The Morgan fingerprint density at radius 2 is 2.16 bits per heavy atom. The van der Waals surface area contributed by atoms with Gasteiger partial charge in [-0.2, -0.15) is 4.31 Å². The maximum atomic E-state index is 12.4. The minimum atomic E-state index is -3.56. The second kappa shape index (κ2) is 6.13. The van der Waals surface area contributed by atoms with Crippen molar-refractivity contribution in [2.45, 2.75) is 18.2 Å². The SMILES string of the molecule is CCN(CC1CCOC1)S(=O)(=O)c1cnc(Cl)nc1. The van der Waals surface area contributed by atoms with Crippen molar-refractivity contribution in [1.29, 1.82) is 0 Å². The van der Waals surface area contributed by atoms with E-state index in [1.807, 2.05) is 6.92 Å². The number of ether oxygens (including phenoxy) is 1. The van der Waals surface area contributed by atoms with E-state index in [1.165, 1.54) is 16.7 Å². The molecule has 19 heavy (non-hydrogen) atoms. The summed E-state index contributed by atoms with van der Waals surface area (Å²) in [5.74, 6) is 0.253. The summed E-state index contributed by atoms with van der Waals surface area (Å²) in [6, 6.07) is 0. The fraction of sp³-hybridized carbons (Fsp3) is 0.636. The van der Waals surface area contributed by atoms with Crippen molar-refractivity contribution in [3.05, 3.63) is 17.7 Å². The molecule has 0 amide bonds. The van der Waals surface area contributed by atoms with Crippen molar-refractivity contribution in [3.8, 4) is 0 Å². The van der Waals surface area contributed by atoms with Gasteiger partial charge in [-0.15, -0.1) is 0 Å². The molecule has 0 saturated carbocycles. The summed E-state index contributed by atoms with van der Waals surface area (Å²) in [5, 5.41) is 0.0335. The first-order valence-corrected chi connectivity index (χ1v) is 7.91. The summed E-state index contributed by atoms with van der Waals surface area (Å²) in [6.45, 7) is 3.99. The normalized spacial score (nSPS) is 20.1. The van der Waals surface area contributed by atoms with Crippen LogP contribution in [0.1, 0.15) is 13.3 Å². The average molecular weight is 306 g/mol. The van der Waals surface area contributed by atoms with Gasteiger partial charge in [0.25, 0.3) is 0 Å². The molecule has 2 rings (SSSR count). The summed E-state index contributed by atoms with van der Waals surface area (Å²) < 4.78 is 31.6. The number of rotatable bonds is 5. The average Bonchev–Trinajstić information content (AvgIpc) is 2.89. The van der Waals surface area contributed by atoms with Crippen molar-refractivity contribution in [3.63, 3.8) is 0 Å². The first-order chi connectivity index (χ1) is 9.04. The Balaban J connectivity index is 2.17. The monoisotopic (exact) mass is 305 g/mol. The number of nitrogens with zero attached hydrogens (tertiary/aromatic N) is 3. The summed E-state index contributed by atoms with van der Waals surface area (Å²) in [6.07, 6.45) is 3.36. The van der Waals surface area contributed by atoms with Crippen LogP contribution in [-0.4, -0.2) is 49.0 Å². The summed E-state index contributed by atoms with van der Waals surface area (Å²) in [7, 11) is -3.56. The summed E-state index contributed by atoms with van der Waals surface area (Å²) >= 11 is 5.57. The smallest absolute Gasteiger partial charge is 0.246 e. The Hall–Kier alpha value is -0.760. The third-order valence-corrected chi connectivity index (χ3v) is 5.16. The molecule has 1 unspecified atom stereocenters. The third-order valence-electron chi connectivity index (χ3n) is 3.07. The molecule has 106 valence electrons. The van der Waals surface area contributed by atoms with Crippen LogP contribution in [0.4, 0.5) is 0 Å². The molecule has 2 heterocycles. The molecule has 8 heteroatoms. The topological polar surface area (TPSA) is 72.4 Å². The third kappa shape index (κ3) is 3.42. The Morgan fingerprint density at radius 3 is 2.68 bits per heavy atom. The van der Waals surface area contributed by atoms with Gasteiger partial charge in [0.2, 0.25) is 15.3 Å². The quantitative estimate of drug-likeness (QED) is 0.764. The Labute approximate surface area is 117 Å². The van der Waals surface area contributed by atoms with E-state index in [4.69, 9.17) is 16.3 Å². The van der Waals surface area contributed by atoms with Crippen LogP contribution >= 0.6 is 11.6 Å². The molecule has 6 nitrogen and oxygen atoms in total. The molecule has 0 aliphatic carbocycles. The maximum Gasteiger partial charge on any atom is 0.246 e. The Bertz CT molecular complexity index is 514. The van der Waals surface area contributed by atoms with Crippen molar-refractivity contribution in [2.24, 2.45) is 5.92 Å². The highest BCUT2D eigenvalue weighted by molar-refractivity contribution is 7.89. The highest BCUT2D eigenvalue weighted by Gasteiger charge is 2.28. The lowest BCUT2D eigenvalue weighted by molar-refractivity contribution is 0.181. The number of hydrogen-bond donors (Lipinski definition) is 0. The lowest BCUT2D eigenvalue weighted by atomic mass is 10.1. The first kappa shape index (κ1) is 14.6. The van der Waals surface area contributed by atoms with Gasteiger partial charge in [-0.05, 0) is 23.9 Å². The van der Waals surface area contributed by atoms with Crippen molar-refractivity contribution in [1.82, 2.24) is 14.3 Å². The van der Waals surface area contributed by atoms with Crippen LogP contribution in [0.2, 0.25) is 5.28 Å². The molecule has 1 saturated heterocycles. The molecule has 1 aromatic heterocycles. The maximum absolute atomic E-state index is 12.4. The molecular formula is C11H16ClN3O3S. The summed E-state index contributed by atoms with van der Waals surface area (Å²) in [5.41, 5.74) is 0. The molecular weight excluding hydrogens is 290 g/mol. The zero-order chi connectivity index (χ0) is 13.9. The zero-order valence-electron chi connectivity index (χ0n) is 10.6. The van der Waals surface area contributed by atoms with E-state index in [9.17, 15) is 8.42 Å². The largest absolute Gasteiger partial charge is 0.381 e. The zero-order valence-corrected chi connectivity index (χ0v) is 12.2. The van der Waals surface area contributed by atoms with Crippen LogP contribution < -0.4 is 0 Å². The van der Waals surface area contributed by atoms with Gasteiger partial charge in [0.05, 0.1) is 19.0 Å². The molecule has 0 bridgehead atoms. The molecule has 0 aromatic carbocycles. The molecule has 1 aliphatic rings. The van der Waals surface area contributed by atoms with Crippen LogP contribution in [0.15, 0.2) is 17.3 Å². The van der Waals surface area contributed by atoms with E-state index in [1.54, 1.807) is 0 Å². The van der Waals surface area contributed by atoms with E-state index < -0.39 is 10.0 Å². The highest BCUT2D eigenvalue weighted by Crippen LogP contribution is 2.20. The van der Waals surface area contributed by atoms with Gasteiger partial charge in [0.15, 0.2) is 0 Å². The van der Waals surface area contributed by atoms with Crippen molar-refractivity contribution >= 4 is 21.6 Å². The number of halogens is 1. The predicted molar refractivity (Wildman–Crippen MR) is 70.4 cm³/mol. The molecule has 1 atom stereocenters. The Kier molecular flexibility index (Phi) is 4.72. The minimum absolute atomic E-state index is 0.0335. The van der Waals surface area contributed by atoms with Gasteiger partial charge in [0, 0.05) is 19.7 Å². The highest BCUT2D eigenvalue weighted by atomic mass is 35.5. The predicted octanol–water partition coefficient (Wildman–Crippen LogP) is 1.18. The van der Waals surface area contributed by atoms with Crippen LogP contribution in [0.25, 0.3) is 0 Å².